The van der Waals surface area contributed by atoms with Crippen LogP contribution in [0.5, 0.6) is 5.75 Å². The van der Waals surface area contributed by atoms with Gasteiger partial charge in [0.1, 0.15) is 23.7 Å². The molecule has 0 bridgehead atoms. The van der Waals surface area contributed by atoms with Gasteiger partial charge in [0.2, 0.25) is 0 Å². The number of halogens is 1. The monoisotopic (exact) mass is 453 g/mol. The van der Waals surface area contributed by atoms with Gasteiger partial charge in [0.05, 0.1) is 6.61 Å². The fourth-order valence-corrected chi connectivity index (χ4v) is 4.71. The van der Waals surface area contributed by atoms with Crippen molar-refractivity contribution in [2.75, 3.05) is 12.9 Å². The lowest BCUT2D eigenvalue weighted by Crippen LogP contribution is -2.07. The summed E-state index contributed by atoms with van der Waals surface area (Å²) < 4.78 is 45.4. The molecular formula is C22H20FN5O3S. The summed E-state index contributed by atoms with van der Waals surface area (Å²) in [5.74, 6) is 1.21. The molecule has 0 atom stereocenters. The normalized spacial score (nSPS) is 13.3. The van der Waals surface area contributed by atoms with Crippen molar-refractivity contribution in [3.63, 3.8) is 0 Å². The van der Waals surface area contributed by atoms with Gasteiger partial charge in [-0.05, 0) is 43.2 Å². The standard InChI is InChI=1S/C22H20FN5O3S/c1-13-14(4-8-21(26-13)32(2,29)30)17-11-24-20(28-12-25-27-22(17)28)7-3-15-16-9-10-31-19(16)6-5-18(15)23/h4-6,8,11-12H,3,7,9-10H2,1-2H3. The van der Waals surface area contributed by atoms with Gasteiger partial charge in [0.25, 0.3) is 0 Å². The first-order valence-corrected chi connectivity index (χ1v) is 12.0. The molecule has 164 valence electrons. The van der Waals surface area contributed by atoms with Gasteiger partial charge in [-0.2, -0.15) is 0 Å². The molecule has 32 heavy (non-hydrogen) atoms. The average molecular weight is 453 g/mol. The number of pyridine rings is 1. The summed E-state index contributed by atoms with van der Waals surface area (Å²) in [6.07, 6.45) is 6.04. The predicted molar refractivity (Wildman–Crippen MR) is 115 cm³/mol. The molecule has 0 unspecified atom stereocenters. The number of rotatable bonds is 5. The molecule has 0 amide bonds. The Labute approximate surface area is 184 Å². The van der Waals surface area contributed by atoms with Gasteiger partial charge in [0, 0.05) is 47.7 Å². The number of benzene rings is 1. The van der Waals surface area contributed by atoms with Gasteiger partial charge >= 0.3 is 0 Å². The Hall–Kier alpha value is -3.40. The van der Waals surface area contributed by atoms with Crippen LogP contribution in [0.1, 0.15) is 22.6 Å². The second kappa shape index (κ2) is 7.63. The smallest absolute Gasteiger partial charge is 0.192 e. The van der Waals surface area contributed by atoms with Crippen LogP contribution < -0.4 is 4.74 Å². The van der Waals surface area contributed by atoms with Crippen molar-refractivity contribution in [1.82, 2.24) is 24.6 Å². The SMILES string of the molecule is Cc1nc(S(C)(=O)=O)ccc1-c1cnc(CCc2c(F)ccc3c2CCO3)n2cnnc12. The van der Waals surface area contributed by atoms with E-state index in [2.05, 4.69) is 20.2 Å². The van der Waals surface area contributed by atoms with Gasteiger partial charge < -0.3 is 4.74 Å². The molecule has 0 fully saturated rings. The van der Waals surface area contributed by atoms with Crippen LogP contribution in [0, 0.1) is 12.7 Å². The summed E-state index contributed by atoms with van der Waals surface area (Å²) in [6, 6.07) is 6.30. The van der Waals surface area contributed by atoms with Crippen LogP contribution in [0.4, 0.5) is 4.39 Å². The Bertz CT molecular complexity index is 1470. The van der Waals surface area contributed by atoms with Crippen LogP contribution in [0.3, 0.4) is 0 Å². The highest BCUT2D eigenvalue weighted by Crippen LogP contribution is 2.31. The topological polar surface area (TPSA) is 99.3 Å². The predicted octanol–water partition coefficient (Wildman–Crippen LogP) is 2.76. The van der Waals surface area contributed by atoms with Crippen molar-refractivity contribution < 1.29 is 17.5 Å². The third-order valence-electron chi connectivity index (χ3n) is 5.68. The Morgan fingerprint density at radius 2 is 2.00 bits per heavy atom. The first-order valence-electron chi connectivity index (χ1n) is 10.1. The van der Waals surface area contributed by atoms with Crippen molar-refractivity contribution in [1.29, 1.82) is 0 Å². The maximum Gasteiger partial charge on any atom is 0.192 e. The molecule has 0 radical (unpaired) electrons. The lowest BCUT2D eigenvalue weighted by molar-refractivity contribution is 0.356. The molecular weight excluding hydrogens is 433 g/mol. The van der Waals surface area contributed by atoms with Crippen molar-refractivity contribution in [3.8, 4) is 16.9 Å². The molecule has 0 saturated carbocycles. The van der Waals surface area contributed by atoms with E-state index < -0.39 is 9.84 Å². The quantitative estimate of drug-likeness (QED) is 0.458. The fourth-order valence-electron chi connectivity index (χ4n) is 4.09. The molecule has 5 rings (SSSR count). The highest BCUT2D eigenvalue weighted by atomic mass is 32.2. The Kier molecular flexibility index (Phi) is 4.89. The number of hydrogen-bond donors (Lipinski definition) is 0. The van der Waals surface area contributed by atoms with E-state index in [1.54, 1.807) is 36.0 Å². The zero-order valence-corrected chi connectivity index (χ0v) is 18.4. The number of sulfone groups is 1. The minimum Gasteiger partial charge on any atom is -0.493 e. The van der Waals surface area contributed by atoms with E-state index in [9.17, 15) is 12.8 Å². The van der Waals surface area contributed by atoms with Gasteiger partial charge in [-0.1, -0.05) is 0 Å². The Morgan fingerprint density at radius 3 is 2.78 bits per heavy atom. The molecule has 4 aromatic rings. The van der Waals surface area contributed by atoms with E-state index >= 15 is 0 Å². The second-order valence-electron chi connectivity index (χ2n) is 7.77. The molecule has 0 aliphatic carbocycles. The van der Waals surface area contributed by atoms with Crippen molar-refractivity contribution in [2.24, 2.45) is 0 Å². The first-order chi connectivity index (χ1) is 15.3. The van der Waals surface area contributed by atoms with Crippen LogP contribution >= 0.6 is 0 Å². The lowest BCUT2D eigenvalue weighted by atomic mass is 10.00. The molecule has 3 aromatic heterocycles. The summed E-state index contributed by atoms with van der Waals surface area (Å²) in [6.45, 7) is 2.31. The van der Waals surface area contributed by atoms with Crippen molar-refractivity contribution in [3.05, 3.63) is 65.3 Å². The Morgan fingerprint density at radius 1 is 1.16 bits per heavy atom. The van der Waals surface area contributed by atoms with Gasteiger partial charge in [0.15, 0.2) is 20.5 Å². The van der Waals surface area contributed by atoms with E-state index in [-0.39, 0.29) is 10.8 Å². The molecule has 0 saturated heterocycles. The Balaban J connectivity index is 1.50. The third kappa shape index (κ3) is 3.50. The van der Waals surface area contributed by atoms with E-state index in [4.69, 9.17) is 4.74 Å². The van der Waals surface area contributed by atoms with Crippen LogP contribution in [-0.4, -0.2) is 45.8 Å². The first kappa shape index (κ1) is 20.5. The summed E-state index contributed by atoms with van der Waals surface area (Å²) in [5, 5.41) is 8.27. The van der Waals surface area contributed by atoms with Crippen LogP contribution in [-0.2, 0) is 29.1 Å². The summed E-state index contributed by atoms with van der Waals surface area (Å²) in [4.78, 5) is 8.82. The van der Waals surface area contributed by atoms with Crippen molar-refractivity contribution in [2.45, 2.75) is 31.2 Å². The second-order valence-corrected chi connectivity index (χ2v) is 9.73. The minimum absolute atomic E-state index is 0.0159. The number of aromatic nitrogens is 5. The number of fused-ring (bicyclic) bond motifs is 2. The number of nitrogens with zero attached hydrogens (tertiary/aromatic N) is 5. The van der Waals surface area contributed by atoms with Crippen LogP contribution in [0.15, 0.2) is 41.8 Å². The molecule has 10 heteroatoms. The molecule has 4 heterocycles. The fraction of sp³-hybridized carbons (Fsp3) is 0.273. The number of aryl methyl sites for hydroxylation is 2. The highest BCUT2D eigenvalue weighted by Gasteiger charge is 2.21. The van der Waals surface area contributed by atoms with Gasteiger partial charge in [-0.25, -0.2) is 22.8 Å². The summed E-state index contributed by atoms with van der Waals surface area (Å²) in [7, 11) is -3.40. The molecule has 1 aliphatic rings. The summed E-state index contributed by atoms with van der Waals surface area (Å²) >= 11 is 0. The van der Waals surface area contributed by atoms with Gasteiger partial charge in [-0.15, -0.1) is 10.2 Å². The van der Waals surface area contributed by atoms with Crippen LogP contribution in [0.2, 0.25) is 0 Å². The van der Waals surface area contributed by atoms with Crippen LogP contribution in [0.25, 0.3) is 16.8 Å². The maximum absolute atomic E-state index is 14.5. The van der Waals surface area contributed by atoms with E-state index in [0.29, 0.717) is 54.2 Å². The minimum atomic E-state index is -3.40. The largest absolute Gasteiger partial charge is 0.493 e. The number of ether oxygens (including phenoxy) is 1. The van der Waals surface area contributed by atoms with Gasteiger partial charge in [-0.3, -0.25) is 4.40 Å². The maximum atomic E-state index is 14.5. The number of hydrogen-bond acceptors (Lipinski definition) is 7. The summed E-state index contributed by atoms with van der Waals surface area (Å²) in [5.41, 5.74) is 4.12. The van der Waals surface area contributed by atoms with E-state index in [1.165, 1.54) is 12.1 Å². The lowest BCUT2D eigenvalue weighted by Gasteiger charge is -2.12. The molecule has 0 spiro atoms. The highest BCUT2D eigenvalue weighted by molar-refractivity contribution is 7.90. The molecule has 8 nitrogen and oxygen atoms in total. The van der Waals surface area contributed by atoms with E-state index in [1.807, 2.05) is 0 Å². The molecule has 0 N–H and O–H groups in total. The van der Waals surface area contributed by atoms with E-state index in [0.717, 1.165) is 23.1 Å². The third-order valence-corrected chi connectivity index (χ3v) is 6.67. The molecule has 1 aliphatic heterocycles. The van der Waals surface area contributed by atoms with Crippen molar-refractivity contribution >= 4 is 15.5 Å². The zero-order valence-electron chi connectivity index (χ0n) is 17.5. The average Bonchev–Trinajstić information content (AvgIpc) is 3.42. The molecule has 1 aromatic carbocycles. The zero-order chi connectivity index (χ0) is 22.5.